The van der Waals surface area contributed by atoms with Crippen LogP contribution in [-0.2, 0) is 31.3 Å². The summed E-state index contributed by atoms with van der Waals surface area (Å²) in [6.45, 7) is 0. The van der Waals surface area contributed by atoms with Gasteiger partial charge >= 0.3 is 0 Å². The molecule has 2 amide bonds. The van der Waals surface area contributed by atoms with E-state index in [9.17, 15) is 9.59 Å². The lowest BCUT2D eigenvalue weighted by atomic mass is 10.1. The molecular weight excluding hydrogens is 604 g/mol. The molecule has 3 aromatic rings. The van der Waals surface area contributed by atoms with Gasteiger partial charge in [0.1, 0.15) is 11.6 Å². The average Bonchev–Trinajstić information content (AvgIpc) is 2.74. The minimum Gasteiger partial charge on any atom is -0.310 e. The number of rotatable bonds is 8. The number of hydrogen-bond acceptors (Lipinski definition) is 3. The van der Waals surface area contributed by atoms with E-state index in [0.717, 1.165) is 20.0 Å². The van der Waals surface area contributed by atoms with Crippen LogP contribution in [0.5, 0.6) is 0 Å². The van der Waals surface area contributed by atoms with Crippen LogP contribution in [0.1, 0.15) is 22.3 Å². The van der Waals surface area contributed by atoms with Gasteiger partial charge in [-0.25, -0.2) is 4.98 Å². The Morgan fingerprint density at radius 1 is 0.667 bits per heavy atom. The molecule has 0 aliphatic rings. The number of aromatic nitrogens is 1. The van der Waals surface area contributed by atoms with E-state index < -0.39 is 0 Å². The molecule has 5 nitrogen and oxygen atoms in total. The van der Waals surface area contributed by atoms with E-state index in [4.69, 9.17) is 0 Å². The molecule has 1 aromatic heterocycles. The van der Waals surface area contributed by atoms with Crippen molar-refractivity contribution < 1.29 is 9.59 Å². The number of alkyl halides is 2. The number of amides is 2. The van der Waals surface area contributed by atoms with Gasteiger partial charge in [0.2, 0.25) is 11.8 Å². The highest BCUT2D eigenvalue weighted by Crippen LogP contribution is 2.14. The van der Waals surface area contributed by atoms with Crippen molar-refractivity contribution >= 4 is 68.6 Å². The Hall–Kier alpha value is -2.01. The molecule has 1 heterocycles. The monoisotopic (exact) mass is 625 g/mol. The Morgan fingerprint density at radius 3 is 1.50 bits per heavy atom. The summed E-state index contributed by atoms with van der Waals surface area (Å²) in [5, 5.41) is 5.60. The van der Waals surface area contributed by atoms with Crippen LogP contribution in [0.15, 0.2) is 66.7 Å². The molecule has 30 heavy (non-hydrogen) atoms. The van der Waals surface area contributed by atoms with Crippen LogP contribution in [0, 0.1) is 0 Å². The van der Waals surface area contributed by atoms with Crippen LogP contribution in [0.25, 0.3) is 0 Å². The van der Waals surface area contributed by atoms with Crippen LogP contribution in [0.3, 0.4) is 0 Å². The average molecular weight is 625 g/mol. The Labute approximate surface area is 203 Å². The molecular formula is C23H21I2N3O2. The van der Waals surface area contributed by atoms with Gasteiger partial charge in [0.15, 0.2) is 0 Å². The van der Waals surface area contributed by atoms with E-state index in [1.165, 1.54) is 11.1 Å². The van der Waals surface area contributed by atoms with Gasteiger partial charge in [0.25, 0.3) is 0 Å². The largest absolute Gasteiger partial charge is 0.310 e. The molecule has 2 aromatic carbocycles. The molecule has 0 saturated heterocycles. The zero-order valence-electron chi connectivity index (χ0n) is 16.2. The first-order chi connectivity index (χ1) is 14.6. The van der Waals surface area contributed by atoms with Crippen molar-refractivity contribution in [3.63, 3.8) is 0 Å². The molecule has 0 aliphatic heterocycles. The van der Waals surface area contributed by atoms with Gasteiger partial charge in [-0.2, -0.15) is 0 Å². The quantitative estimate of drug-likeness (QED) is 0.264. The van der Waals surface area contributed by atoms with Gasteiger partial charge in [0, 0.05) is 8.86 Å². The van der Waals surface area contributed by atoms with Crippen molar-refractivity contribution in [3.8, 4) is 0 Å². The molecule has 0 radical (unpaired) electrons. The maximum absolute atomic E-state index is 12.4. The summed E-state index contributed by atoms with van der Waals surface area (Å²) in [6, 6.07) is 21.1. The molecule has 0 spiro atoms. The zero-order chi connectivity index (χ0) is 21.3. The molecule has 7 heteroatoms. The number of pyridine rings is 1. The second-order valence-electron chi connectivity index (χ2n) is 6.77. The first kappa shape index (κ1) is 22.7. The first-order valence-corrected chi connectivity index (χ1v) is 12.4. The number of benzene rings is 2. The van der Waals surface area contributed by atoms with Gasteiger partial charge < -0.3 is 10.6 Å². The second kappa shape index (κ2) is 11.4. The number of carbonyl (C=O) groups excluding carboxylic acids is 2. The Balaban J connectivity index is 1.58. The predicted molar refractivity (Wildman–Crippen MR) is 137 cm³/mol. The van der Waals surface area contributed by atoms with E-state index in [1.54, 1.807) is 18.2 Å². The zero-order valence-corrected chi connectivity index (χ0v) is 20.5. The number of hydrogen-bond donors (Lipinski definition) is 2. The van der Waals surface area contributed by atoms with Gasteiger partial charge in [0.05, 0.1) is 12.8 Å². The van der Waals surface area contributed by atoms with Gasteiger partial charge in [-0.05, 0) is 34.4 Å². The van der Waals surface area contributed by atoms with Crippen molar-refractivity contribution in [3.05, 3.63) is 89.0 Å². The standard InChI is InChI=1S/C23H21I2N3O2/c24-14-18-6-1-4-16(10-18)12-22(29)27-20-8-3-9-21(26-20)28-23(30)13-17-5-2-7-19(11-17)15-25/h1-11H,12-15H2,(H2,26,27,28,29,30). The maximum atomic E-state index is 12.4. The van der Waals surface area contributed by atoms with Crippen LogP contribution in [-0.4, -0.2) is 16.8 Å². The molecule has 0 fully saturated rings. The third-order valence-electron chi connectivity index (χ3n) is 4.30. The smallest absolute Gasteiger partial charge is 0.229 e. The first-order valence-electron chi connectivity index (χ1n) is 9.40. The fourth-order valence-corrected chi connectivity index (χ4v) is 3.91. The van der Waals surface area contributed by atoms with Crippen LogP contribution >= 0.6 is 45.2 Å². The van der Waals surface area contributed by atoms with Gasteiger partial charge in [-0.15, -0.1) is 0 Å². The summed E-state index contributed by atoms with van der Waals surface area (Å²) < 4.78 is 1.80. The number of halogens is 2. The predicted octanol–water partition coefficient (Wildman–Crippen LogP) is 5.31. The third kappa shape index (κ3) is 7.05. The lowest BCUT2D eigenvalue weighted by Crippen LogP contribution is -2.18. The number of anilines is 2. The highest BCUT2D eigenvalue weighted by atomic mass is 127. The summed E-state index contributed by atoms with van der Waals surface area (Å²) in [7, 11) is 0. The van der Waals surface area contributed by atoms with E-state index in [1.807, 2.05) is 48.5 Å². The Bertz CT molecular complexity index is 961. The topological polar surface area (TPSA) is 71.1 Å². The summed E-state index contributed by atoms with van der Waals surface area (Å²) >= 11 is 4.60. The molecule has 0 unspecified atom stereocenters. The highest BCUT2D eigenvalue weighted by Gasteiger charge is 2.09. The molecule has 2 N–H and O–H groups in total. The summed E-state index contributed by atoms with van der Waals surface area (Å²) in [5.74, 6) is 0.531. The van der Waals surface area contributed by atoms with E-state index in [2.05, 4.69) is 60.8 Å². The van der Waals surface area contributed by atoms with Crippen LogP contribution < -0.4 is 10.6 Å². The van der Waals surface area contributed by atoms with Crippen molar-refractivity contribution in [1.82, 2.24) is 4.98 Å². The fraction of sp³-hybridized carbons (Fsp3) is 0.174. The molecule has 154 valence electrons. The van der Waals surface area contributed by atoms with E-state index >= 15 is 0 Å². The summed E-state index contributed by atoms with van der Waals surface area (Å²) in [4.78, 5) is 29.1. The maximum Gasteiger partial charge on any atom is 0.229 e. The molecule has 0 saturated carbocycles. The van der Waals surface area contributed by atoms with Crippen molar-refractivity contribution in [1.29, 1.82) is 0 Å². The normalized spacial score (nSPS) is 10.5. The number of carbonyl (C=O) groups is 2. The number of nitrogens with one attached hydrogen (secondary N) is 2. The van der Waals surface area contributed by atoms with Crippen LogP contribution in [0.4, 0.5) is 11.6 Å². The van der Waals surface area contributed by atoms with E-state index in [0.29, 0.717) is 11.6 Å². The lowest BCUT2D eigenvalue weighted by molar-refractivity contribution is -0.116. The Morgan fingerprint density at radius 2 is 1.07 bits per heavy atom. The lowest BCUT2D eigenvalue weighted by Gasteiger charge is -2.09. The van der Waals surface area contributed by atoms with Crippen LogP contribution in [0.2, 0.25) is 0 Å². The summed E-state index contributed by atoms with van der Waals surface area (Å²) in [6.07, 6.45) is 0.547. The second-order valence-corrected chi connectivity index (χ2v) is 8.29. The van der Waals surface area contributed by atoms with E-state index in [-0.39, 0.29) is 24.7 Å². The Kier molecular flexibility index (Phi) is 8.61. The third-order valence-corrected chi connectivity index (χ3v) is 6.07. The minimum absolute atomic E-state index is 0.146. The SMILES string of the molecule is O=C(Cc1cccc(CI)c1)Nc1cccc(NC(=O)Cc2cccc(CI)c2)n1. The fourth-order valence-electron chi connectivity index (χ4n) is 2.96. The minimum atomic E-state index is -0.146. The van der Waals surface area contributed by atoms with Crippen molar-refractivity contribution in [2.75, 3.05) is 10.6 Å². The van der Waals surface area contributed by atoms with Crippen molar-refractivity contribution in [2.24, 2.45) is 0 Å². The molecule has 0 aliphatic carbocycles. The number of nitrogens with zero attached hydrogens (tertiary/aromatic N) is 1. The van der Waals surface area contributed by atoms with Crippen molar-refractivity contribution in [2.45, 2.75) is 21.7 Å². The summed E-state index contributed by atoms with van der Waals surface area (Å²) in [5.41, 5.74) is 4.29. The highest BCUT2D eigenvalue weighted by molar-refractivity contribution is 14.1. The molecule has 0 bridgehead atoms. The van der Waals surface area contributed by atoms with Gasteiger partial charge in [-0.3, -0.25) is 9.59 Å². The molecule has 3 rings (SSSR count). The van der Waals surface area contributed by atoms with Gasteiger partial charge in [-0.1, -0.05) is 99.8 Å². The molecule has 0 atom stereocenters.